The van der Waals surface area contributed by atoms with Crippen LogP contribution in [0.2, 0.25) is 0 Å². The lowest BCUT2D eigenvalue weighted by Gasteiger charge is -2.22. The van der Waals surface area contributed by atoms with Crippen molar-refractivity contribution in [2.75, 3.05) is 11.2 Å². The van der Waals surface area contributed by atoms with Crippen molar-refractivity contribution in [2.24, 2.45) is 0 Å². The van der Waals surface area contributed by atoms with E-state index in [9.17, 15) is 0 Å². The van der Waals surface area contributed by atoms with Crippen LogP contribution in [0.5, 0.6) is 0 Å². The van der Waals surface area contributed by atoms with Crippen molar-refractivity contribution in [3.63, 3.8) is 0 Å². The Morgan fingerprint density at radius 3 is 3.25 bits per heavy atom. The predicted molar refractivity (Wildman–Crippen MR) is 48.9 cm³/mol. The van der Waals surface area contributed by atoms with E-state index in [1.165, 1.54) is 0 Å². The molecule has 1 unspecified atom stereocenters. The number of nitrogens with one attached hydrogen (secondary N) is 1. The second-order valence-corrected chi connectivity index (χ2v) is 3.92. The van der Waals surface area contributed by atoms with E-state index >= 15 is 0 Å². The van der Waals surface area contributed by atoms with E-state index in [1.807, 2.05) is 4.68 Å². The summed E-state index contributed by atoms with van der Waals surface area (Å²) >= 11 is 1.76. The van der Waals surface area contributed by atoms with Crippen molar-refractivity contribution >= 4 is 11.8 Å². The molecule has 12 heavy (non-hydrogen) atoms. The summed E-state index contributed by atoms with van der Waals surface area (Å²) in [5, 5.41) is 9.15. The van der Waals surface area contributed by atoms with Crippen molar-refractivity contribution in [3.8, 4) is 0 Å². The van der Waals surface area contributed by atoms with Crippen LogP contribution in [0.1, 0.15) is 19.7 Å². The summed E-state index contributed by atoms with van der Waals surface area (Å²) in [5.41, 5.74) is 3.33. The molecule has 5 heteroatoms. The minimum Gasteiger partial charge on any atom is -0.319 e. The van der Waals surface area contributed by atoms with Gasteiger partial charge < -0.3 is 5.43 Å². The number of fused-ring (bicyclic) bond motifs is 1. The number of aromatic nitrogens is 3. The number of nitrogens with zero attached hydrogens (tertiary/aromatic N) is 3. The molecule has 0 aliphatic carbocycles. The quantitative estimate of drug-likeness (QED) is 0.703. The zero-order chi connectivity index (χ0) is 8.55. The zero-order valence-corrected chi connectivity index (χ0v) is 8.06. The van der Waals surface area contributed by atoms with Gasteiger partial charge in [0, 0.05) is 18.2 Å². The lowest BCUT2D eigenvalue weighted by Crippen LogP contribution is -2.32. The molecule has 0 spiro atoms. The number of aryl methyl sites for hydroxylation is 1. The van der Waals surface area contributed by atoms with Crippen LogP contribution in [-0.2, 0) is 6.42 Å². The van der Waals surface area contributed by atoms with Gasteiger partial charge in [0.05, 0.1) is 0 Å². The SMILES string of the molecule is CCc1nnc2n1NC(C)CS2. The van der Waals surface area contributed by atoms with Gasteiger partial charge in [-0.15, -0.1) is 10.2 Å². The third-order valence-corrected chi connectivity index (χ3v) is 3.02. The fraction of sp³-hybridized carbons (Fsp3) is 0.714. The first-order chi connectivity index (χ1) is 5.81. The molecule has 0 bridgehead atoms. The average Bonchev–Trinajstić information content (AvgIpc) is 2.46. The standard InChI is InChI=1S/C7H12N4S/c1-3-6-8-9-7-11(6)10-5(2)4-12-7/h5,10H,3-4H2,1-2H3. The third-order valence-electron chi connectivity index (χ3n) is 1.83. The number of thioether (sulfide) groups is 1. The summed E-state index contributed by atoms with van der Waals surface area (Å²) in [6, 6.07) is 0.504. The summed E-state index contributed by atoms with van der Waals surface area (Å²) in [6.45, 7) is 4.25. The molecule has 0 amide bonds. The molecular weight excluding hydrogens is 172 g/mol. The zero-order valence-electron chi connectivity index (χ0n) is 7.24. The molecule has 66 valence electrons. The van der Waals surface area contributed by atoms with E-state index in [0.717, 1.165) is 23.2 Å². The monoisotopic (exact) mass is 184 g/mol. The molecule has 1 atom stereocenters. The first kappa shape index (κ1) is 7.91. The maximum absolute atomic E-state index is 4.08. The van der Waals surface area contributed by atoms with Crippen LogP contribution in [0.4, 0.5) is 0 Å². The molecular formula is C7H12N4S. The van der Waals surface area contributed by atoms with E-state index in [1.54, 1.807) is 11.8 Å². The van der Waals surface area contributed by atoms with Crippen molar-refractivity contribution in [1.82, 2.24) is 14.9 Å². The molecule has 1 aromatic heterocycles. The summed E-state index contributed by atoms with van der Waals surface area (Å²) in [4.78, 5) is 0. The Bertz CT molecular complexity index is 269. The van der Waals surface area contributed by atoms with Gasteiger partial charge in [0.2, 0.25) is 5.16 Å². The highest BCUT2D eigenvalue weighted by molar-refractivity contribution is 7.99. The molecule has 1 aromatic rings. The van der Waals surface area contributed by atoms with Crippen LogP contribution < -0.4 is 5.43 Å². The van der Waals surface area contributed by atoms with Gasteiger partial charge in [-0.05, 0) is 6.92 Å². The van der Waals surface area contributed by atoms with E-state index in [2.05, 4.69) is 29.5 Å². The fourth-order valence-corrected chi connectivity index (χ4v) is 2.07. The molecule has 0 radical (unpaired) electrons. The van der Waals surface area contributed by atoms with Crippen molar-refractivity contribution in [3.05, 3.63) is 5.82 Å². The second kappa shape index (κ2) is 2.97. The summed E-state index contributed by atoms with van der Waals surface area (Å²) < 4.78 is 2.00. The minimum atomic E-state index is 0.504. The number of hydrogen-bond acceptors (Lipinski definition) is 4. The van der Waals surface area contributed by atoms with Crippen LogP contribution >= 0.6 is 11.8 Å². The lowest BCUT2D eigenvalue weighted by molar-refractivity contribution is 0.644. The van der Waals surface area contributed by atoms with E-state index in [4.69, 9.17) is 0 Å². The smallest absolute Gasteiger partial charge is 0.210 e. The Labute approximate surface area is 75.7 Å². The van der Waals surface area contributed by atoms with Crippen LogP contribution in [0.15, 0.2) is 5.16 Å². The van der Waals surface area contributed by atoms with Crippen LogP contribution in [0.25, 0.3) is 0 Å². The second-order valence-electron chi connectivity index (χ2n) is 2.93. The molecule has 4 nitrogen and oxygen atoms in total. The van der Waals surface area contributed by atoms with Crippen molar-refractivity contribution in [2.45, 2.75) is 31.5 Å². The van der Waals surface area contributed by atoms with E-state index in [0.29, 0.717) is 6.04 Å². The van der Waals surface area contributed by atoms with Gasteiger partial charge in [-0.1, -0.05) is 18.7 Å². The highest BCUT2D eigenvalue weighted by Crippen LogP contribution is 2.21. The van der Waals surface area contributed by atoms with Gasteiger partial charge in [-0.2, -0.15) is 0 Å². The topological polar surface area (TPSA) is 42.7 Å². The van der Waals surface area contributed by atoms with Gasteiger partial charge in [-0.3, -0.25) is 0 Å². The maximum Gasteiger partial charge on any atom is 0.210 e. The molecule has 1 N–H and O–H groups in total. The van der Waals surface area contributed by atoms with Crippen LogP contribution in [0.3, 0.4) is 0 Å². The third kappa shape index (κ3) is 1.18. The first-order valence-corrected chi connectivity index (χ1v) is 5.13. The minimum absolute atomic E-state index is 0.504. The first-order valence-electron chi connectivity index (χ1n) is 4.15. The van der Waals surface area contributed by atoms with Gasteiger partial charge >= 0.3 is 0 Å². The normalized spacial score (nSPS) is 21.7. The molecule has 0 aromatic carbocycles. The van der Waals surface area contributed by atoms with Gasteiger partial charge in [0.1, 0.15) is 0 Å². The highest BCUT2D eigenvalue weighted by Gasteiger charge is 2.18. The Balaban J connectivity index is 2.34. The Morgan fingerprint density at radius 1 is 1.67 bits per heavy atom. The molecule has 0 saturated carbocycles. The Morgan fingerprint density at radius 2 is 2.50 bits per heavy atom. The average molecular weight is 184 g/mol. The summed E-state index contributed by atoms with van der Waals surface area (Å²) in [7, 11) is 0. The number of hydrogen-bond donors (Lipinski definition) is 1. The fourth-order valence-electron chi connectivity index (χ4n) is 1.21. The largest absolute Gasteiger partial charge is 0.319 e. The van der Waals surface area contributed by atoms with Crippen LogP contribution in [0, 0.1) is 0 Å². The van der Waals surface area contributed by atoms with Gasteiger partial charge in [-0.25, -0.2) is 4.68 Å². The molecule has 2 rings (SSSR count). The van der Waals surface area contributed by atoms with Crippen molar-refractivity contribution < 1.29 is 0 Å². The molecule has 0 saturated heterocycles. The molecule has 2 heterocycles. The molecule has 1 aliphatic heterocycles. The van der Waals surface area contributed by atoms with Gasteiger partial charge in [0.25, 0.3) is 0 Å². The van der Waals surface area contributed by atoms with E-state index in [-0.39, 0.29) is 0 Å². The number of rotatable bonds is 1. The van der Waals surface area contributed by atoms with Crippen molar-refractivity contribution in [1.29, 1.82) is 0 Å². The van der Waals surface area contributed by atoms with Gasteiger partial charge in [0.15, 0.2) is 5.82 Å². The predicted octanol–water partition coefficient (Wildman–Crippen LogP) is 0.878. The summed E-state index contributed by atoms with van der Waals surface area (Å²) in [5.74, 6) is 2.09. The molecule has 1 aliphatic rings. The highest BCUT2D eigenvalue weighted by atomic mass is 32.2. The lowest BCUT2D eigenvalue weighted by atomic mass is 10.4. The Hall–Kier alpha value is -0.710. The molecule has 0 fully saturated rings. The van der Waals surface area contributed by atoms with Crippen LogP contribution in [-0.4, -0.2) is 26.7 Å². The Kier molecular flexibility index (Phi) is 1.96. The summed E-state index contributed by atoms with van der Waals surface area (Å²) in [6.07, 6.45) is 0.924. The van der Waals surface area contributed by atoms with E-state index < -0.39 is 0 Å². The maximum atomic E-state index is 4.08.